The van der Waals surface area contributed by atoms with Crippen LogP contribution in [0.15, 0.2) is 24.5 Å². The van der Waals surface area contributed by atoms with Crippen molar-refractivity contribution in [1.29, 1.82) is 0 Å². The highest BCUT2D eigenvalue weighted by Crippen LogP contribution is 2.24. The second-order valence-corrected chi connectivity index (χ2v) is 5.26. The summed E-state index contributed by atoms with van der Waals surface area (Å²) in [5.74, 6) is 0. The van der Waals surface area contributed by atoms with Crippen LogP contribution in [-0.2, 0) is 6.54 Å². The van der Waals surface area contributed by atoms with Crippen LogP contribution in [0.25, 0.3) is 0 Å². The lowest BCUT2D eigenvalue weighted by Crippen LogP contribution is -2.37. The van der Waals surface area contributed by atoms with Crippen LogP contribution >= 0.6 is 0 Å². The van der Waals surface area contributed by atoms with Crippen LogP contribution < -0.4 is 5.73 Å². The molecule has 1 aliphatic carbocycles. The number of nitrogens with zero attached hydrogens (tertiary/aromatic N) is 2. The van der Waals surface area contributed by atoms with Crippen molar-refractivity contribution in [3.63, 3.8) is 0 Å². The van der Waals surface area contributed by atoms with Crippen molar-refractivity contribution in [1.82, 2.24) is 9.88 Å². The summed E-state index contributed by atoms with van der Waals surface area (Å²) in [6.45, 7) is 2.97. The molecule has 0 radical (unpaired) electrons. The average Bonchev–Trinajstić information content (AvgIpc) is 2.45. The molecule has 0 aromatic carbocycles. The SMILES string of the molecule is NCCCN(Cc1ccncc1)C1CCCCC1. The van der Waals surface area contributed by atoms with Crippen molar-refractivity contribution in [2.45, 2.75) is 51.1 Å². The maximum absolute atomic E-state index is 5.66. The summed E-state index contributed by atoms with van der Waals surface area (Å²) < 4.78 is 0. The van der Waals surface area contributed by atoms with Gasteiger partial charge in [0.15, 0.2) is 0 Å². The van der Waals surface area contributed by atoms with E-state index in [1.165, 1.54) is 37.7 Å². The Kier molecular flexibility index (Phi) is 5.62. The summed E-state index contributed by atoms with van der Waals surface area (Å²) >= 11 is 0. The predicted octanol–water partition coefficient (Wildman–Crippen LogP) is 2.57. The molecule has 3 heteroatoms. The summed E-state index contributed by atoms with van der Waals surface area (Å²) in [4.78, 5) is 6.72. The van der Waals surface area contributed by atoms with Gasteiger partial charge in [-0.3, -0.25) is 9.88 Å². The zero-order valence-electron chi connectivity index (χ0n) is 11.2. The Bertz CT molecular complexity index is 320. The fourth-order valence-corrected chi connectivity index (χ4v) is 2.85. The fourth-order valence-electron chi connectivity index (χ4n) is 2.85. The van der Waals surface area contributed by atoms with E-state index >= 15 is 0 Å². The first-order valence-corrected chi connectivity index (χ1v) is 7.23. The summed E-state index contributed by atoms with van der Waals surface area (Å²) in [6, 6.07) is 5.01. The highest BCUT2D eigenvalue weighted by atomic mass is 15.2. The first kappa shape index (κ1) is 13.5. The first-order chi connectivity index (χ1) is 8.90. The molecule has 100 valence electrons. The Balaban J connectivity index is 1.95. The summed E-state index contributed by atoms with van der Waals surface area (Å²) in [5, 5.41) is 0. The number of hydrogen-bond acceptors (Lipinski definition) is 3. The van der Waals surface area contributed by atoms with Gasteiger partial charge in [-0.25, -0.2) is 0 Å². The molecule has 1 aromatic heterocycles. The number of hydrogen-bond donors (Lipinski definition) is 1. The second-order valence-electron chi connectivity index (χ2n) is 5.26. The van der Waals surface area contributed by atoms with Crippen LogP contribution in [0.1, 0.15) is 44.1 Å². The molecule has 0 spiro atoms. The van der Waals surface area contributed by atoms with E-state index in [-0.39, 0.29) is 0 Å². The monoisotopic (exact) mass is 247 g/mol. The fraction of sp³-hybridized carbons (Fsp3) is 0.667. The van der Waals surface area contributed by atoms with Crippen LogP contribution in [0.3, 0.4) is 0 Å². The van der Waals surface area contributed by atoms with Gasteiger partial charge < -0.3 is 5.73 Å². The smallest absolute Gasteiger partial charge is 0.0271 e. The Hall–Kier alpha value is -0.930. The third-order valence-electron chi connectivity index (χ3n) is 3.88. The van der Waals surface area contributed by atoms with Crippen molar-refractivity contribution in [2.75, 3.05) is 13.1 Å². The molecule has 1 fully saturated rings. The number of rotatable bonds is 6. The van der Waals surface area contributed by atoms with Gasteiger partial charge in [0, 0.05) is 25.0 Å². The molecule has 1 heterocycles. The van der Waals surface area contributed by atoms with Gasteiger partial charge in [-0.2, -0.15) is 0 Å². The van der Waals surface area contributed by atoms with Gasteiger partial charge in [0.1, 0.15) is 0 Å². The molecule has 3 nitrogen and oxygen atoms in total. The molecule has 0 aliphatic heterocycles. The number of pyridine rings is 1. The van der Waals surface area contributed by atoms with Crippen molar-refractivity contribution in [2.24, 2.45) is 5.73 Å². The minimum absolute atomic E-state index is 0.762. The van der Waals surface area contributed by atoms with E-state index < -0.39 is 0 Å². The quantitative estimate of drug-likeness (QED) is 0.840. The van der Waals surface area contributed by atoms with Gasteiger partial charge in [0.2, 0.25) is 0 Å². The van der Waals surface area contributed by atoms with E-state index in [1.807, 2.05) is 12.4 Å². The molecule has 1 saturated carbocycles. The van der Waals surface area contributed by atoms with Crippen LogP contribution in [0.5, 0.6) is 0 Å². The number of aromatic nitrogens is 1. The molecule has 0 amide bonds. The molecule has 1 aliphatic rings. The molecule has 0 unspecified atom stereocenters. The van der Waals surface area contributed by atoms with Gasteiger partial charge in [-0.1, -0.05) is 19.3 Å². The van der Waals surface area contributed by atoms with E-state index in [1.54, 1.807) is 0 Å². The molecule has 1 aromatic rings. The lowest BCUT2D eigenvalue weighted by molar-refractivity contribution is 0.147. The van der Waals surface area contributed by atoms with Gasteiger partial charge in [-0.15, -0.1) is 0 Å². The van der Waals surface area contributed by atoms with Crippen LogP contribution in [-0.4, -0.2) is 29.0 Å². The van der Waals surface area contributed by atoms with E-state index in [4.69, 9.17) is 5.73 Å². The molecule has 18 heavy (non-hydrogen) atoms. The third kappa shape index (κ3) is 4.07. The van der Waals surface area contributed by atoms with Crippen LogP contribution in [0, 0.1) is 0 Å². The van der Waals surface area contributed by atoms with Gasteiger partial charge in [-0.05, 0) is 50.0 Å². The molecular weight excluding hydrogens is 222 g/mol. The summed E-state index contributed by atoms with van der Waals surface area (Å²) in [5.41, 5.74) is 7.03. The van der Waals surface area contributed by atoms with Crippen molar-refractivity contribution in [3.8, 4) is 0 Å². The lowest BCUT2D eigenvalue weighted by Gasteiger charge is -2.34. The van der Waals surface area contributed by atoms with Crippen molar-refractivity contribution >= 4 is 0 Å². The summed E-state index contributed by atoms with van der Waals surface area (Å²) in [6.07, 6.45) is 11.8. The largest absolute Gasteiger partial charge is 0.330 e. The molecule has 0 bridgehead atoms. The normalized spacial score (nSPS) is 17.2. The van der Waals surface area contributed by atoms with Crippen LogP contribution in [0.2, 0.25) is 0 Å². The molecule has 2 rings (SSSR count). The van der Waals surface area contributed by atoms with Gasteiger partial charge in [0.25, 0.3) is 0 Å². The van der Waals surface area contributed by atoms with Crippen LogP contribution in [0.4, 0.5) is 0 Å². The van der Waals surface area contributed by atoms with Crippen molar-refractivity contribution < 1.29 is 0 Å². The predicted molar refractivity (Wildman–Crippen MR) is 75.2 cm³/mol. The molecular formula is C15H25N3. The zero-order chi connectivity index (χ0) is 12.6. The molecule has 0 saturated heterocycles. The number of nitrogens with two attached hydrogens (primary N) is 1. The van der Waals surface area contributed by atoms with E-state index in [0.29, 0.717) is 0 Å². The van der Waals surface area contributed by atoms with E-state index in [2.05, 4.69) is 22.0 Å². The second kappa shape index (κ2) is 7.49. The minimum atomic E-state index is 0.762. The maximum atomic E-state index is 5.66. The van der Waals surface area contributed by atoms with E-state index in [0.717, 1.165) is 32.1 Å². The lowest BCUT2D eigenvalue weighted by atomic mass is 9.93. The Morgan fingerprint density at radius 3 is 2.56 bits per heavy atom. The molecule has 0 atom stereocenters. The van der Waals surface area contributed by atoms with Crippen molar-refractivity contribution in [3.05, 3.63) is 30.1 Å². The highest BCUT2D eigenvalue weighted by molar-refractivity contribution is 5.09. The highest BCUT2D eigenvalue weighted by Gasteiger charge is 2.20. The zero-order valence-corrected chi connectivity index (χ0v) is 11.2. The first-order valence-electron chi connectivity index (χ1n) is 7.23. The Morgan fingerprint density at radius 2 is 1.89 bits per heavy atom. The Labute approximate surface area is 110 Å². The van der Waals surface area contributed by atoms with Gasteiger partial charge in [0.05, 0.1) is 0 Å². The van der Waals surface area contributed by atoms with E-state index in [9.17, 15) is 0 Å². The third-order valence-corrected chi connectivity index (χ3v) is 3.88. The maximum Gasteiger partial charge on any atom is 0.0271 e. The Morgan fingerprint density at radius 1 is 1.17 bits per heavy atom. The average molecular weight is 247 g/mol. The van der Waals surface area contributed by atoms with Gasteiger partial charge >= 0.3 is 0 Å². The topological polar surface area (TPSA) is 42.1 Å². The standard InChI is InChI=1S/C15H25N3/c16-9-4-12-18(15-5-2-1-3-6-15)13-14-7-10-17-11-8-14/h7-8,10-11,15H,1-6,9,12-13,16H2. The minimum Gasteiger partial charge on any atom is -0.330 e. The summed E-state index contributed by atoms with van der Waals surface area (Å²) in [7, 11) is 0. The molecule has 2 N–H and O–H groups in total.